The molecule has 1 aromatic heterocycles. The zero-order valence-electron chi connectivity index (χ0n) is 26.4. The molecule has 0 aliphatic rings. The lowest BCUT2D eigenvalue weighted by molar-refractivity contribution is -0.210. The number of phenols is 1. The summed E-state index contributed by atoms with van der Waals surface area (Å²) >= 11 is 1.23. The van der Waals surface area contributed by atoms with Crippen LogP contribution in [-0.4, -0.2) is 63.3 Å². The third kappa shape index (κ3) is 12.6. The third-order valence-electron chi connectivity index (χ3n) is 6.90. The summed E-state index contributed by atoms with van der Waals surface area (Å²) < 4.78 is 5.69. The van der Waals surface area contributed by atoms with Gasteiger partial charge in [0, 0.05) is 37.8 Å². The maximum atomic E-state index is 13.3. The Bertz CT molecular complexity index is 1140. The van der Waals surface area contributed by atoms with E-state index in [1.165, 1.54) is 23.3 Å². The number of ether oxygens (including phenoxy) is 1. The molecule has 0 saturated heterocycles. The summed E-state index contributed by atoms with van der Waals surface area (Å²) in [6.07, 6.45) is 3.08. The number of unbranched alkanes of at least 4 members (excludes halogenated alkanes) is 1. The summed E-state index contributed by atoms with van der Waals surface area (Å²) in [5.74, 6) is -0.490. The molecule has 0 bridgehead atoms. The molecule has 43 heavy (non-hydrogen) atoms. The van der Waals surface area contributed by atoms with Gasteiger partial charge in [-0.1, -0.05) is 53.2 Å². The number of hydroxylamine groups is 2. The Labute approximate surface area is 259 Å². The molecule has 0 aliphatic carbocycles. The van der Waals surface area contributed by atoms with E-state index in [4.69, 9.17) is 9.57 Å². The second-order valence-electron chi connectivity index (χ2n) is 11.6. The van der Waals surface area contributed by atoms with Crippen LogP contribution in [0.1, 0.15) is 107 Å². The van der Waals surface area contributed by atoms with Crippen LogP contribution in [0.3, 0.4) is 0 Å². The van der Waals surface area contributed by atoms with Gasteiger partial charge in [-0.15, -0.1) is 11.3 Å². The van der Waals surface area contributed by atoms with Crippen molar-refractivity contribution in [2.45, 2.75) is 105 Å². The van der Waals surface area contributed by atoms with Gasteiger partial charge in [0.2, 0.25) is 5.91 Å². The number of hydrogen-bond acceptors (Lipinski definition) is 9. The standard InChI is InChI=1S/C32H49N3O7S/c1-7-8-10-30(39)35(41-16-9-15-36)28(22(4)5)19-29(42-23(6)37)32-34-27(20-43-32)31(40)33-25(17-21(2)3)18-24-11-13-26(38)14-12-24/h11-14,20-22,25,28-29,36,38H,7-10,15-19H2,1-6H3,(H,33,40). The van der Waals surface area contributed by atoms with E-state index in [1.54, 1.807) is 17.5 Å². The van der Waals surface area contributed by atoms with Crippen LogP contribution in [0.4, 0.5) is 0 Å². The molecule has 0 spiro atoms. The largest absolute Gasteiger partial charge is 0.508 e. The highest BCUT2D eigenvalue weighted by Gasteiger charge is 2.33. The Balaban J connectivity index is 2.27. The lowest BCUT2D eigenvalue weighted by Crippen LogP contribution is -2.44. The molecule has 3 atom stereocenters. The molecule has 3 unspecified atom stereocenters. The molecule has 0 saturated carbocycles. The van der Waals surface area contributed by atoms with E-state index in [0.29, 0.717) is 36.6 Å². The maximum absolute atomic E-state index is 13.3. The third-order valence-corrected chi connectivity index (χ3v) is 7.83. The van der Waals surface area contributed by atoms with Crippen LogP contribution in [0.2, 0.25) is 0 Å². The highest BCUT2D eigenvalue weighted by molar-refractivity contribution is 7.09. The van der Waals surface area contributed by atoms with Crippen molar-refractivity contribution in [2.75, 3.05) is 13.2 Å². The van der Waals surface area contributed by atoms with Gasteiger partial charge in [0.1, 0.15) is 16.5 Å². The minimum absolute atomic E-state index is 0.0443. The number of nitrogens with zero attached hydrogens (tertiary/aromatic N) is 2. The van der Waals surface area contributed by atoms with Crippen molar-refractivity contribution >= 4 is 29.1 Å². The highest BCUT2D eigenvalue weighted by atomic mass is 32.1. The second-order valence-corrected chi connectivity index (χ2v) is 12.5. The van der Waals surface area contributed by atoms with Gasteiger partial charge in [-0.25, -0.2) is 10.0 Å². The van der Waals surface area contributed by atoms with Crippen molar-refractivity contribution in [3.8, 4) is 5.75 Å². The Hall–Kier alpha value is -3.02. The van der Waals surface area contributed by atoms with E-state index in [1.807, 2.05) is 32.9 Å². The minimum Gasteiger partial charge on any atom is -0.508 e. The molecule has 2 amide bonds. The molecular formula is C32H49N3O7S. The molecule has 0 radical (unpaired) electrons. The number of esters is 1. The van der Waals surface area contributed by atoms with E-state index in [-0.39, 0.29) is 54.9 Å². The summed E-state index contributed by atoms with van der Waals surface area (Å²) in [5.41, 5.74) is 1.23. The van der Waals surface area contributed by atoms with Gasteiger partial charge in [-0.2, -0.15) is 0 Å². The van der Waals surface area contributed by atoms with Crippen molar-refractivity contribution in [1.29, 1.82) is 0 Å². The van der Waals surface area contributed by atoms with E-state index in [2.05, 4.69) is 24.1 Å². The van der Waals surface area contributed by atoms with Crippen molar-refractivity contribution < 1.29 is 34.2 Å². The number of aromatic hydroxyl groups is 1. The summed E-state index contributed by atoms with van der Waals surface area (Å²) in [4.78, 5) is 49.0. The van der Waals surface area contributed by atoms with Crippen LogP contribution < -0.4 is 5.32 Å². The molecule has 240 valence electrons. The zero-order chi connectivity index (χ0) is 31.9. The average molecular weight is 620 g/mol. The minimum atomic E-state index is -0.789. The van der Waals surface area contributed by atoms with E-state index < -0.39 is 18.1 Å². The number of carbonyl (C=O) groups excluding carboxylic acids is 3. The van der Waals surface area contributed by atoms with Crippen molar-refractivity contribution in [1.82, 2.24) is 15.4 Å². The van der Waals surface area contributed by atoms with Gasteiger partial charge in [0.15, 0.2) is 6.10 Å². The Kier molecular flexibility index (Phi) is 15.6. The summed E-state index contributed by atoms with van der Waals surface area (Å²) in [5, 5.41) is 25.5. The van der Waals surface area contributed by atoms with Gasteiger partial charge in [-0.3, -0.25) is 19.2 Å². The lowest BCUT2D eigenvalue weighted by Gasteiger charge is -2.35. The first-order valence-electron chi connectivity index (χ1n) is 15.2. The zero-order valence-corrected chi connectivity index (χ0v) is 27.2. The normalized spacial score (nSPS) is 13.5. The Morgan fingerprint density at radius 3 is 2.35 bits per heavy atom. The number of aliphatic hydroxyl groups excluding tert-OH is 1. The van der Waals surface area contributed by atoms with Crippen LogP contribution in [0.25, 0.3) is 0 Å². The quantitative estimate of drug-likeness (QED) is 0.105. The van der Waals surface area contributed by atoms with Crippen molar-refractivity contribution in [3.63, 3.8) is 0 Å². The molecule has 0 aliphatic heterocycles. The number of rotatable bonds is 19. The van der Waals surface area contributed by atoms with E-state index in [0.717, 1.165) is 18.4 Å². The molecular weight excluding hydrogens is 570 g/mol. The van der Waals surface area contributed by atoms with Crippen molar-refractivity contribution in [2.24, 2.45) is 11.8 Å². The maximum Gasteiger partial charge on any atom is 0.303 e. The number of thiazole rings is 1. The predicted octanol–water partition coefficient (Wildman–Crippen LogP) is 5.59. The summed E-state index contributed by atoms with van der Waals surface area (Å²) in [7, 11) is 0. The fourth-order valence-electron chi connectivity index (χ4n) is 4.75. The Morgan fingerprint density at radius 2 is 1.77 bits per heavy atom. The molecule has 0 fully saturated rings. The number of phenolic OH excluding ortho intramolecular Hbond substituents is 1. The van der Waals surface area contributed by atoms with Crippen LogP contribution in [0.5, 0.6) is 5.75 Å². The molecule has 3 N–H and O–H groups in total. The number of aliphatic hydroxyl groups is 1. The molecule has 2 aromatic rings. The first kappa shape index (κ1) is 36.2. The van der Waals surface area contributed by atoms with Gasteiger partial charge >= 0.3 is 5.97 Å². The number of carbonyl (C=O) groups is 3. The van der Waals surface area contributed by atoms with Gasteiger partial charge in [0.05, 0.1) is 12.6 Å². The lowest BCUT2D eigenvalue weighted by atomic mass is 9.97. The van der Waals surface area contributed by atoms with Crippen LogP contribution in [0.15, 0.2) is 29.6 Å². The number of nitrogens with one attached hydrogen (secondary N) is 1. The fourth-order valence-corrected chi connectivity index (χ4v) is 5.59. The molecule has 11 heteroatoms. The average Bonchev–Trinajstić information content (AvgIpc) is 3.43. The summed E-state index contributed by atoms with van der Waals surface area (Å²) in [6.45, 7) is 11.6. The van der Waals surface area contributed by atoms with E-state index in [9.17, 15) is 24.6 Å². The first-order valence-corrected chi connectivity index (χ1v) is 16.1. The molecule has 1 heterocycles. The number of hydrogen-bond donors (Lipinski definition) is 3. The van der Waals surface area contributed by atoms with Crippen LogP contribution in [0, 0.1) is 11.8 Å². The topological polar surface area (TPSA) is 138 Å². The Morgan fingerprint density at radius 1 is 1.07 bits per heavy atom. The summed E-state index contributed by atoms with van der Waals surface area (Å²) in [6, 6.07) is 6.37. The van der Waals surface area contributed by atoms with Crippen LogP contribution >= 0.6 is 11.3 Å². The fraction of sp³-hybridized carbons (Fsp3) is 0.625. The number of amides is 2. The SMILES string of the molecule is CCCCC(=O)N(OCCCO)C(CC(OC(C)=O)c1nc(C(=O)NC(Cc2ccc(O)cc2)CC(C)C)cs1)C(C)C. The predicted molar refractivity (Wildman–Crippen MR) is 166 cm³/mol. The second kappa shape index (κ2) is 18.6. The number of benzene rings is 1. The van der Waals surface area contributed by atoms with Gasteiger partial charge in [-0.05, 0) is 55.2 Å². The number of aromatic nitrogens is 1. The highest BCUT2D eigenvalue weighted by Crippen LogP contribution is 2.31. The first-order chi connectivity index (χ1) is 20.4. The molecule has 1 aromatic carbocycles. The monoisotopic (exact) mass is 619 g/mol. The van der Waals surface area contributed by atoms with Gasteiger partial charge in [0.25, 0.3) is 5.91 Å². The molecule has 2 rings (SSSR count). The van der Waals surface area contributed by atoms with Crippen molar-refractivity contribution in [3.05, 3.63) is 45.9 Å². The van der Waals surface area contributed by atoms with Crippen LogP contribution in [-0.2, 0) is 25.6 Å². The smallest absolute Gasteiger partial charge is 0.303 e. The van der Waals surface area contributed by atoms with Gasteiger partial charge < -0.3 is 20.3 Å². The molecule has 10 nitrogen and oxygen atoms in total. The van der Waals surface area contributed by atoms with E-state index >= 15 is 0 Å².